The first-order valence-corrected chi connectivity index (χ1v) is 9.29. The van der Waals surface area contributed by atoms with Crippen LogP contribution in [0.3, 0.4) is 0 Å². The van der Waals surface area contributed by atoms with Gasteiger partial charge in [-0.05, 0) is 29.8 Å². The summed E-state index contributed by atoms with van der Waals surface area (Å²) in [5.74, 6) is 0.662. The number of aromatic nitrogens is 2. The van der Waals surface area contributed by atoms with Gasteiger partial charge < -0.3 is 5.32 Å². The summed E-state index contributed by atoms with van der Waals surface area (Å²) in [6.45, 7) is 0.597. The molecule has 25 heavy (non-hydrogen) atoms. The first kappa shape index (κ1) is 17.2. The largest absolute Gasteiger partial charge is 0.365 e. The predicted molar refractivity (Wildman–Crippen MR) is 98.1 cm³/mol. The molecule has 3 aromatic rings. The Morgan fingerprint density at radius 3 is 2.16 bits per heavy atom. The topological polar surface area (TPSA) is 84.0 Å². The Hall–Kier alpha value is -2.64. The Kier molecular flexibility index (Phi) is 5.16. The zero-order valence-electron chi connectivity index (χ0n) is 13.1. The average Bonchev–Trinajstić information content (AvgIpc) is 2.62. The fraction of sp³-hybridized carbons (Fsp3) is 0.0588. The highest BCUT2D eigenvalue weighted by atomic mass is 35.5. The molecule has 0 bridgehead atoms. The zero-order chi connectivity index (χ0) is 17.7. The lowest BCUT2D eigenvalue weighted by Gasteiger charge is -2.09. The van der Waals surface area contributed by atoms with Gasteiger partial charge in [0.25, 0.3) is 10.0 Å². The van der Waals surface area contributed by atoms with Crippen molar-refractivity contribution in [2.45, 2.75) is 11.4 Å². The number of nitrogens with zero attached hydrogens (tertiary/aromatic N) is 2. The van der Waals surface area contributed by atoms with Gasteiger partial charge >= 0.3 is 0 Å². The third-order valence-corrected chi connectivity index (χ3v) is 5.20. The minimum absolute atomic E-state index is 0.00949. The summed E-state index contributed by atoms with van der Waals surface area (Å²) in [6, 6.07) is 19.2. The molecule has 8 heteroatoms. The Morgan fingerprint density at radius 2 is 1.48 bits per heavy atom. The predicted octanol–water partition coefficient (Wildman–Crippen LogP) is 3.54. The summed E-state index contributed by atoms with van der Waals surface area (Å²) in [7, 11) is -3.82. The molecule has 0 unspecified atom stereocenters. The van der Waals surface area contributed by atoms with E-state index >= 15 is 0 Å². The van der Waals surface area contributed by atoms with Crippen molar-refractivity contribution in [2.75, 3.05) is 10.0 Å². The SMILES string of the molecule is O=S(=O)(Nc1ccc(NCc2ccccc2)nn1)c1ccccc1Cl. The second-order valence-electron chi connectivity index (χ2n) is 5.18. The normalized spacial score (nSPS) is 11.1. The lowest BCUT2D eigenvalue weighted by molar-refractivity contribution is 0.601. The standard InChI is InChI=1S/C17H15ClN4O2S/c18-14-8-4-5-9-15(14)25(23,24)22-17-11-10-16(20-21-17)19-12-13-6-2-1-3-7-13/h1-11H,12H2,(H,19,20)(H,21,22). The zero-order valence-corrected chi connectivity index (χ0v) is 14.6. The highest BCUT2D eigenvalue weighted by molar-refractivity contribution is 7.92. The number of sulfonamides is 1. The van der Waals surface area contributed by atoms with Gasteiger partial charge in [0, 0.05) is 6.54 Å². The van der Waals surface area contributed by atoms with E-state index in [0.29, 0.717) is 12.4 Å². The van der Waals surface area contributed by atoms with Crippen LogP contribution in [0.1, 0.15) is 5.56 Å². The molecule has 6 nitrogen and oxygen atoms in total. The monoisotopic (exact) mass is 374 g/mol. The van der Waals surface area contributed by atoms with Gasteiger partial charge in [0.1, 0.15) is 10.7 Å². The summed E-state index contributed by atoms with van der Waals surface area (Å²) < 4.78 is 27.0. The van der Waals surface area contributed by atoms with E-state index in [9.17, 15) is 8.42 Å². The van der Waals surface area contributed by atoms with E-state index in [4.69, 9.17) is 11.6 Å². The molecular formula is C17H15ClN4O2S. The van der Waals surface area contributed by atoms with E-state index < -0.39 is 10.0 Å². The Morgan fingerprint density at radius 1 is 0.840 bits per heavy atom. The molecule has 1 heterocycles. The smallest absolute Gasteiger partial charge is 0.264 e. The van der Waals surface area contributed by atoms with E-state index in [0.717, 1.165) is 5.56 Å². The van der Waals surface area contributed by atoms with Crippen LogP contribution in [0.4, 0.5) is 11.6 Å². The van der Waals surface area contributed by atoms with Crippen molar-refractivity contribution in [3.05, 3.63) is 77.3 Å². The lowest BCUT2D eigenvalue weighted by Crippen LogP contribution is -2.15. The molecule has 128 valence electrons. The van der Waals surface area contributed by atoms with Crippen molar-refractivity contribution in [3.63, 3.8) is 0 Å². The maximum Gasteiger partial charge on any atom is 0.264 e. The number of rotatable bonds is 6. The van der Waals surface area contributed by atoms with Crippen molar-refractivity contribution >= 4 is 33.3 Å². The molecule has 2 N–H and O–H groups in total. The maximum absolute atomic E-state index is 12.3. The van der Waals surface area contributed by atoms with Crippen LogP contribution in [0.2, 0.25) is 5.02 Å². The average molecular weight is 375 g/mol. The molecule has 1 aromatic heterocycles. The molecule has 3 rings (SSSR count). The Labute approximate surface area is 150 Å². The minimum atomic E-state index is -3.82. The van der Waals surface area contributed by atoms with Crippen LogP contribution in [0.25, 0.3) is 0 Å². The summed E-state index contributed by atoms with van der Waals surface area (Å²) in [5, 5.41) is 11.1. The van der Waals surface area contributed by atoms with Crippen molar-refractivity contribution in [1.29, 1.82) is 0 Å². The van der Waals surface area contributed by atoms with Crippen molar-refractivity contribution < 1.29 is 8.42 Å². The van der Waals surface area contributed by atoms with Gasteiger partial charge in [0.05, 0.1) is 5.02 Å². The van der Waals surface area contributed by atoms with Crippen LogP contribution < -0.4 is 10.0 Å². The van der Waals surface area contributed by atoms with Gasteiger partial charge in [-0.25, -0.2) is 8.42 Å². The van der Waals surface area contributed by atoms with Crippen LogP contribution in [0.15, 0.2) is 71.6 Å². The fourth-order valence-corrected chi connectivity index (χ4v) is 3.64. The van der Waals surface area contributed by atoms with Crippen molar-refractivity contribution in [1.82, 2.24) is 10.2 Å². The van der Waals surface area contributed by atoms with Crippen LogP contribution in [-0.4, -0.2) is 18.6 Å². The molecule has 0 radical (unpaired) electrons. The number of hydrogen-bond acceptors (Lipinski definition) is 5. The van der Waals surface area contributed by atoms with Gasteiger partial charge in [-0.2, -0.15) is 0 Å². The lowest BCUT2D eigenvalue weighted by atomic mass is 10.2. The molecule has 0 spiro atoms. The quantitative estimate of drug-likeness (QED) is 0.689. The number of nitrogens with one attached hydrogen (secondary N) is 2. The highest BCUT2D eigenvalue weighted by Gasteiger charge is 2.18. The van der Waals surface area contributed by atoms with E-state index in [1.165, 1.54) is 18.2 Å². The molecule has 0 aliphatic carbocycles. The van der Waals surface area contributed by atoms with Crippen LogP contribution in [0, 0.1) is 0 Å². The second kappa shape index (κ2) is 7.50. The Balaban J connectivity index is 1.67. The molecule has 0 aliphatic rings. The maximum atomic E-state index is 12.3. The molecule has 0 aliphatic heterocycles. The van der Waals surface area contributed by atoms with Crippen molar-refractivity contribution in [3.8, 4) is 0 Å². The third-order valence-electron chi connectivity index (χ3n) is 3.35. The van der Waals surface area contributed by atoms with E-state index in [2.05, 4.69) is 20.2 Å². The Bertz CT molecular complexity index is 948. The van der Waals surface area contributed by atoms with Crippen molar-refractivity contribution in [2.24, 2.45) is 0 Å². The van der Waals surface area contributed by atoms with Crippen LogP contribution in [0.5, 0.6) is 0 Å². The fourth-order valence-electron chi connectivity index (χ4n) is 2.12. The van der Waals surface area contributed by atoms with Gasteiger partial charge in [-0.15, -0.1) is 10.2 Å². The first-order chi connectivity index (χ1) is 12.0. The number of hydrogen-bond donors (Lipinski definition) is 2. The third kappa shape index (κ3) is 4.46. The number of halogens is 1. The summed E-state index contributed by atoms with van der Waals surface area (Å²) in [4.78, 5) is -0.00949. The van der Waals surface area contributed by atoms with Crippen LogP contribution in [-0.2, 0) is 16.6 Å². The van der Waals surface area contributed by atoms with Gasteiger partial charge in [0.2, 0.25) is 0 Å². The highest BCUT2D eigenvalue weighted by Crippen LogP contribution is 2.22. The molecular weight excluding hydrogens is 360 g/mol. The number of benzene rings is 2. The summed E-state index contributed by atoms with van der Waals surface area (Å²) in [6.07, 6.45) is 0. The molecule has 0 atom stereocenters. The molecule has 0 saturated carbocycles. The van der Waals surface area contributed by atoms with E-state index in [1.807, 2.05) is 30.3 Å². The minimum Gasteiger partial charge on any atom is -0.365 e. The van der Waals surface area contributed by atoms with E-state index in [1.54, 1.807) is 18.2 Å². The summed E-state index contributed by atoms with van der Waals surface area (Å²) >= 11 is 5.93. The first-order valence-electron chi connectivity index (χ1n) is 7.43. The molecule has 0 saturated heterocycles. The van der Waals surface area contributed by atoms with Crippen LogP contribution >= 0.6 is 11.6 Å². The second-order valence-corrected chi connectivity index (χ2v) is 7.24. The van der Waals surface area contributed by atoms with Gasteiger partial charge in [-0.1, -0.05) is 54.1 Å². The van der Waals surface area contributed by atoms with E-state index in [-0.39, 0.29) is 15.7 Å². The summed E-state index contributed by atoms with van der Waals surface area (Å²) in [5.41, 5.74) is 1.10. The molecule has 0 amide bonds. The van der Waals surface area contributed by atoms with Gasteiger partial charge in [-0.3, -0.25) is 4.72 Å². The molecule has 0 fully saturated rings. The van der Waals surface area contributed by atoms with Gasteiger partial charge in [0.15, 0.2) is 5.82 Å². The molecule has 2 aromatic carbocycles. The number of anilines is 2.